The predicted molar refractivity (Wildman–Crippen MR) is 61.8 cm³/mol. The molecule has 0 bridgehead atoms. The zero-order valence-corrected chi connectivity index (χ0v) is 9.89. The monoisotopic (exact) mass is 250 g/mol. The Hall–Kier alpha value is -1.44. The summed E-state index contributed by atoms with van der Waals surface area (Å²) in [7, 11) is 0. The maximum absolute atomic E-state index is 4.41. The molecule has 0 spiro atoms. The molecule has 3 heteroatoms. The van der Waals surface area contributed by atoms with Crippen molar-refractivity contribution in [2.45, 2.75) is 6.92 Å². The quantitative estimate of drug-likeness (QED) is 0.452. The van der Waals surface area contributed by atoms with Crippen LogP contribution in [0.25, 0.3) is 21.8 Å². The Balaban J connectivity index is 0.000000963. The Labute approximate surface area is 104 Å². The van der Waals surface area contributed by atoms with E-state index in [1.54, 1.807) is 0 Å². The van der Waals surface area contributed by atoms with Gasteiger partial charge in [-0.1, -0.05) is 12.1 Å². The minimum atomic E-state index is 0. The van der Waals surface area contributed by atoms with Crippen LogP contribution in [-0.4, -0.2) is 9.97 Å². The summed E-state index contributed by atoms with van der Waals surface area (Å²) in [4.78, 5) is 8.80. The smallest absolute Gasteiger partial charge is 0.254 e. The fraction of sp³-hybridized carbons (Fsp3) is 0.0769. The van der Waals surface area contributed by atoms with Crippen molar-refractivity contribution in [3.8, 4) is 0 Å². The molecule has 3 aromatic rings. The zero-order chi connectivity index (χ0) is 10.3. The first-order valence-corrected chi connectivity index (χ1v) is 4.95. The number of fused-ring (bicyclic) bond motifs is 3. The van der Waals surface area contributed by atoms with E-state index >= 15 is 0 Å². The zero-order valence-electron chi connectivity index (χ0n) is 8.79. The topological polar surface area (TPSA) is 25.8 Å². The molecule has 0 aliphatic heterocycles. The number of rotatable bonds is 0. The summed E-state index contributed by atoms with van der Waals surface area (Å²) in [5.74, 6) is 0. The first kappa shape index (κ1) is 11.1. The third-order valence-electron chi connectivity index (χ3n) is 2.67. The summed E-state index contributed by atoms with van der Waals surface area (Å²) >= 11 is 0. The van der Waals surface area contributed by atoms with Gasteiger partial charge in [0.25, 0.3) is 0 Å². The molecule has 0 amide bonds. The molecule has 0 saturated carbocycles. The molecule has 0 aliphatic carbocycles. The first-order chi connectivity index (χ1) is 7.36. The van der Waals surface area contributed by atoms with Gasteiger partial charge in [-0.25, -0.2) is 0 Å². The van der Waals surface area contributed by atoms with Crippen LogP contribution in [0.1, 0.15) is 5.56 Å². The van der Waals surface area contributed by atoms with Gasteiger partial charge in [0.2, 0.25) is 0 Å². The van der Waals surface area contributed by atoms with Crippen LogP contribution in [0.5, 0.6) is 0 Å². The van der Waals surface area contributed by atoms with Gasteiger partial charge in [-0.05, 0) is 30.7 Å². The first-order valence-electron chi connectivity index (χ1n) is 4.95. The fourth-order valence-electron chi connectivity index (χ4n) is 1.96. The number of pyridine rings is 2. The second kappa shape index (κ2) is 4.20. The molecular weight excluding hydrogens is 240 g/mol. The van der Waals surface area contributed by atoms with Crippen LogP contribution < -0.4 is 0 Å². The number of benzene rings is 1. The summed E-state index contributed by atoms with van der Waals surface area (Å²) in [6.45, 7) is 2.11. The molecule has 0 aliphatic rings. The van der Waals surface area contributed by atoms with E-state index in [0.29, 0.717) is 0 Å². The van der Waals surface area contributed by atoms with E-state index < -0.39 is 0 Å². The number of nitrogens with zero attached hydrogens (tertiary/aromatic N) is 2. The van der Waals surface area contributed by atoms with Gasteiger partial charge < -0.3 is 0 Å². The summed E-state index contributed by atoms with van der Waals surface area (Å²) in [6, 6.07) is 10.2. The number of hydrogen-bond acceptors (Lipinski definition) is 2. The predicted octanol–water partition coefficient (Wildman–Crippen LogP) is 3.09. The van der Waals surface area contributed by atoms with Crippen LogP contribution >= 0.6 is 0 Å². The van der Waals surface area contributed by atoms with Gasteiger partial charge >= 0.3 is 17.1 Å². The van der Waals surface area contributed by atoms with Crippen LogP contribution in [0.4, 0.5) is 0 Å². The molecule has 78 valence electrons. The maximum Gasteiger partial charge on any atom is 2.00 e. The van der Waals surface area contributed by atoms with Gasteiger partial charge in [-0.3, -0.25) is 9.97 Å². The van der Waals surface area contributed by atoms with Gasteiger partial charge in [0.1, 0.15) is 0 Å². The number of aryl methyl sites for hydroxylation is 1. The Kier molecular flexibility index (Phi) is 2.90. The molecule has 2 heterocycles. The molecule has 1 aromatic carbocycles. The van der Waals surface area contributed by atoms with Crippen LogP contribution in [0.15, 0.2) is 42.7 Å². The minimum absolute atomic E-state index is 0. The van der Waals surface area contributed by atoms with Crippen molar-refractivity contribution in [2.24, 2.45) is 0 Å². The van der Waals surface area contributed by atoms with Crippen LogP contribution in [-0.2, 0) is 17.1 Å². The van der Waals surface area contributed by atoms with Crippen molar-refractivity contribution in [1.82, 2.24) is 9.97 Å². The molecule has 2 aromatic heterocycles. The van der Waals surface area contributed by atoms with Crippen molar-refractivity contribution in [3.63, 3.8) is 0 Å². The number of hydrogen-bond donors (Lipinski definition) is 0. The SMILES string of the molecule is Cc1cc2cccnc2c2ncccc12.[Fe+2]. The normalized spacial score (nSPS) is 10.3. The second-order valence-corrected chi connectivity index (χ2v) is 3.67. The molecule has 3 rings (SSSR count). The molecule has 0 N–H and O–H groups in total. The van der Waals surface area contributed by atoms with E-state index in [1.165, 1.54) is 10.9 Å². The van der Waals surface area contributed by atoms with Gasteiger partial charge in [0.05, 0.1) is 11.0 Å². The van der Waals surface area contributed by atoms with Crippen molar-refractivity contribution in [2.75, 3.05) is 0 Å². The van der Waals surface area contributed by atoms with Crippen molar-refractivity contribution < 1.29 is 17.1 Å². The summed E-state index contributed by atoms with van der Waals surface area (Å²) in [5, 5.41) is 2.34. The standard InChI is InChI=1S/C13H10N2.Fe/c1-9-8-10-4-2-6-14-12(10)13-11(9)5-3-7-15-13;/h2-8H,1H3;/q;+2. The van der Waals surface area contributed by atoms with Crippen molar-refractivity contribution >= 4 is 21.8 Å². The Bertz CT molecular complexity index is 650. The van der Waals surface area contributed by atoms with Crippen molar-refractivity contribution in [3.05, 3.63) is 48.3 Å². The van der Waals surface area contributed by atoms with Crippen LogP contribution in [0, 0.1) is 6.92 Å². The van der Waals surface area contributed by atoms with Crippen LogP contribution in [0.3, 0.4) is 0 Å². The van der Waals surface area contributed by atoms with E-state index in [-0.39, 0.29) is 17.1 Å². The third kappa shape index (κ3) is 1.58. The molecular formula is C13H10FeN2+2. The molecule has 0 saturated heterocycles. The average Bonchev–Trinajstić information content (AvgIpc) is 2.30. The Morgan fingerprint density at radius 1 is 0.938 bits per heavy atom. The van der Waals surface area contributed by atoms with E-state index in [2.05, 4.69) is 35.1 Å². The summed E-state index contributed by atoms with van der Waals surface area (Å²) in [5.41, 5.74) is 3.23. The Morgan fingerprint density at radius 2 is 1.62 bits per heavy atom. The van der Waals surface area contributed by atoms with Gasteiger partial charge in [-0.2, -0.15) is 0 Å². The van der Waals surface area contributed by atoms with Gasteiger partial charge in [0, 0.05) is 23.2 Å². The molecule has 0 unspecified atom stereocenters. The fourth-order valence-corrected chi connectivity index (χ4v) is 1.96. The number of aromatic nitrogens is 2. The maximum atomic E-state index is 4.41. The average molecular weight is 250 g/mol. The summed E-state index contributed by atoms with van der Waals surface area (Å²) in [6.07, 6.45) is 3.63. The van der Waals surface area contributed by atoms with E-state index in [9.17, 15) is 0 Å². The Morgan fingerprint density at radius 3 is 2.44 bits per heavy atom. The largest absolute Gasteiger partial charge is 2.00 e. The second-order valence-electron chi connectivity index (χ2n) is 3.67. The van der Waals surface area contributed by atoms with Gasteiger partial charge in [-0.15, -0.1) is 0 Å². The van der Waals surface area contributed by atoms with Crippen molar-refractivity contribution in [1.29, 1.82) is 0 Å². The van der Waals surface area contributed by atoms with E-state index in [1.807, 2.05) is 24.5 Å². The molecule has 0 radical (unpaired) electrons. The third-order valence-corrected chi connectivity index (χ3v) is 2.67. The van der Waals surface area contributed by atoms with E-state index in [4.69, 9.17) is 0 Å². The molecule has 0 fully saturated rings. The summed E-state index contributed by atoms with van der Waals surface area (Å²) < 4.78 is 0. The molecule has 2 nitrogen and oxygen atoms in total. The molecule has 16 heavy (non-hydrogen) atoms. The minimum Gasteiger partial charge on any atom is -0.254 e. The van der Waals surface area contributed by atoms with Gasteiger partial charge in [0.15, 0.2) is 0 Å². The van der Waals surface area contributed by atoms with Crippen LogP contribution in [0.2, 0.25) is 0 Å². The molecule has 0 atom stereocenters. The van der Waals surface area contributed by atoms with E-state index in [0.717, 1.165) is 16.4 Å².